The fraction of sp³-hybridized carbons (Fsp3) is 0.562. The van der Waals surface area contributed by atoms with Gasteiger partial charge in [-0.3, -0.25) is 0 Å². The van der Waals surface area contributed by atoms with Crippen LogP contribution in [0.5, 0.6) is 0 Å². The van der Waals surface area contributed by atoms with E-state index in [4.69, 9.17) is 0 Å². The van der Waals surface area contributed by atoms with Gasteiger partial charge in [-0.25, -0.2) is 4.79 Å². The third-order valence-electron chi connectivity index (χ3n) is 4.68. The zero-order valence-corrected chi connectivity index (χ0v) is 12.3. The van der Waals surface area contributed by atoms with Crippen LogP contribution in [0.3, 0.4) is 0 Å². The summed E-state index contributed by atoms with van der Waals surface area (Å²) in [5.41, 5.74) is 3.34. The number of hydrogen-bond donors (Lipinski definition) is 2. The van der Waals surface area contributed by atoms with Crippen molar-refractivity contribution in [2.24, 2.45) is 5.92 Å². The van der Waals surface area contributed by atoms with Crippen molar-refractivity contribution in [1.29, 1.82) is 0 Å². The molecule has 0 radical (unpaired) electrons. The van der Waals surface area contributed by atoms with Gasteiger partial charge in [0.25, 0.3) is 0 Å². The van der Waals surface area contributed by atoms with Crippen molar-refractivity contribution < 1.29 is 4.79 Å². The Balaban J connectivity index is 1.76. The number of nitrogens with one attached hydrogen (secondary N) is 2. The molecule has 108 valence electrons. The van der Waals surface area contributed by atoms with Crippen LogP contribution >= 0.6 is 0 Å². The lowest BCUT2D eigenvalue weighted by Gasteiger charge is -2.25. The van der Waals surface area contributed by atoms with Crippen molar-refractivity contribution >= 4 is 11.7 Å². The summed E-state index contributed by atoms with van der Waals surface area (Å²) in [7, 11) is 0. The molecule has 2 heterocycles. The number of benzene rings is 1. The number of hydrogen-bond acceptors (Lipinski definition) is 2. The van der Waals surface area contributed by atoms with Crippen LogP contribution < -0.4 is 10.6 Å². The minimum absolute atomic E-state index is 0.0604. The second-order valence-corrected chi connectivity index (χ2v) is 5.86. The zero-order valence-electron chi connectivity index (χ0n) is 12.3. The first kappa shape index (κ1) is 13.4. The Bertz CT molecular complexity index is 514. The number of amides is 2. The van der Waals surface area contributed by atoms with Crippen molar-refractivity contribution in [2.75, 3.05) is 25.0 Å². The summed E-state index contributed by atoms with van der Waals surface area (Å²) >= 11 is 0. The van der Waals surface area contributed by atoms with E-state index in [1.807, 2.05) is 4.90 Å². The quantitative estimate of drug-likeness (QED) is 0.869. The van der Waals surface area contributed by atoms with Crippen molar-refractivity contribution in [3.63, 3.8) is 0 Å². The molecule has 2 aliphatic rings. The van der Waals surface area contributed by atoms with Gasteiger partial charge in [0.2, 0.25) is 0 Å². The fourth-order valence-electron chi connectivity index (χ4n) is 3.48. The number of carbonyl (C=O) groups excluding carboxylic acids is 1. The first-order chi connectivity index (χ1) is 9.70. The summed E-state index contributed by atoms with van der Waals surface area (Å²) in [6, 6.07) is 6.64. The van der Waals surface area contributed by atoms with Crippen LogP contribution in [0.4, 0.5) is 10.5 Å². The first-order valence-electron chi connectivity index (χ1n) is 7.57. The molecule has 0 spiro atoms. The van der Waals surface area contributed by atoms with Crippen LogP contribution in [-0.4, -0.2) is 36.6 Å². The van der Waals surface area contributed by atoms with Gasteiger partial charge in [-0.15, -0.1) is 0 Å². The van der Waals surface area contributed by atoms with Crippen molar-refractivity contribution in [1.82, 2.24) is 10.2 Å². The van der Waals surface area contributed by atoms with Gasteiger partial charge in [0.1, 0.15) is 0 Å². The Morgan fingerprint density at radius 1 is 1.45 bits per heavy atom. The highest BCUT2D eigenvalue weighted by Crippen LogP contribution is 2.28. The third kappa shape index (κ3) is 2.29. The number of likely N-dealkylation sites (tertiary alicyclic amines) is 1. The fourth-order valence-corrected chi connectivity index (χ4v) is 3.48. The van der Waals surface area contributed by atoms with Gasteiger partial charge in [-0.05, 0) is 36.8 Å². The van der Waals surface area contributed by atoms with Crippen molar-refractivity contribution in [3.8, 4) is 0 Å². The second-order valence-electron chi connectivity index (χ2n) is 5.86. The minimum atomic E-state index is 0.0604. The molecule has 4 heteroatoms. The molecule has 4 nitrogen and oxygen atoms in total. The number of carbonyl (C=O) groups is 1. The molecule has 0 saturated carbocycles. The molecule has 2 atom stereocenters. The van der Waals surface area contributed by atoms with Gasteiger partial charge in [0.15, 0.2) is 0 Å². The van der Waals surface area contributed by atoms with Crippen molar-refractivity contribution in [3.05, 3.63) is 29.3 Å². The SMILES string of the molecule is CCc1cccc(C)c1NC(=O)N1CC[C@H]2CNC[C@H]21. The number of fused-ring (bicyclic) bond motifs is 1. The lowest BCUT2D eigenvalue weighted by atomic mass is 10.1. The summed E-state index contributed by atoms with van der Waals surface area (Å²) < 4.78 is 0. The molecule has 2 fully saturated rings. The minimum Gasteiger partial charge on any atom is -0.320 e. The summed E-state index contributed by atoms with van der Waals surface area (Å²) in [5, 5.41) is 6.53. The van der Waals surface area contributed by atoms with E-state index >= 15 is 0 Å². The largest absolute Gasteiger partial charge is 0.322 e. The molecule has 2 amide bonds. The molecule has 3 rings (SSSR count). The number of nitrogens with zero attached hydrogens (tertiary/aromatic N) is 1. The predicted octanol–water partition coefficient (Wildman–Crippen LogP) is 2.38. The first-order valence-corrected chi connectivity index (χ1v) is 7.57. The molecular weight excluding hydrogens is 250 g/mol. The van der Waals surface area contributed by atoms with Gasteiger partial charge in [-0.1, -0.05) is 25.1 Å². The van der Waals surface area contributed by atoms with Crippen LogP contribution in [0, 0.1) is 12.8 Å². The number of urea groups is 1. The molecule has 2 N–H and O–H groups in total. The van der Waals surface area contributed by atoms with E-state index in [1.165, 1.54) is 5.56 Å². The number of rotatable bonds is 2. The van der Waals surface area contributed by atoms with E-state index in [1.54, 1.807) is 0 Å². The maximum absolute atomic E-state index is 12.6. The molecule has 0 unspecified atom stereocenters. The Kier molecular flexibility index (Phi) is 3.66. The number of anilines is 1. The Labute approximate surface area is 120 Å². The maximum atomic E-state index is 12.6. The van der Waals surface area contributed by atoms with Gasteiger partial charge >= 0.3 is 6.03 Å². The Morgan fingerprint density at radius 2 is 2.30 bits per heavy atom. The lowest BCUT2D eigenvalue weighted by molar-refractivity contribution is 0.206. The molecule has 2 aliphatic heterocycles. The highest BCUT2D eigenvalue weighted by molar-refractivity contribution is 5.91. The molecular formula is C16H23N3O. The second kappa shape index (κ2) is 5.44. The molecule has 0 bridgehead atoms. The Morgan fingerprint density at radius 3 is 3.10 bits per heavy atom. The van der Waals surface area contributed by atoms with Crippen LogP contribution in [0.2, 0.25) is 0 Å². The van der Waals surface area contributed by atoms with Gasteiger partial charge in [-0.2, -0.15) is 0 Å². The predicted molar refractivity (Wildman–Crippen MR) is 81.0 cm³/mol. The summed E-state index contributed by atoms with van der Waals surface area (Å²) in [6.45, 7) is 7.05. The number of para-hydroxylation sites is 1. The maximum Gasteiger partial charge on any atom is 0.322 e. The monoisotopic (exact) mass is 273 g/mol. The van der Waals surface area contributed by atoms with E-state index in [0.717, 1.165) is 43.7 Å². The van der Waals surface area contributed by atoms with E-state index in [9.17, 15) is 4.79 Å². The van der Waals surface area contributed by atoms with Crippen LogP contribution in [0.1, 0.15) is 24.5 Å². The van der Waals surface area contributed by atoms with E-state index < -0.39 is 0 Å². The number of aryl methyl sites for hydroxylation is 2. The van der Waals surface area contributed by atoms with E-state index in [2.05, 4.69) is 42.7 Å². The summed E-state index contributed by atoms with van der Waals surface area (Å²) in [6.07, 6.45) is 2.06. The van der Waals surface area contributed by atoms with Crippen LogP contribution in [0.15, 0.2) is 18.2 Å². The lowest BCUT2D eigenvalue weighted by Crippen LogP contribution is -2.41. The Hall–Kier alpha value is -1.55. The molecule has 20 heavy (non-hydrogen) atoms. The summed E-state index contributed by atoms with van der Waals surface area (Å²) in [5.74, 6) is 0.642. The average Bonchev–Trinajstić information content (AvgIpc) is 3.03. The molecule has 0 aromatic heterocycles. The van der Waals surface area contributed by atoms with Crippen molar-refractivity contribution in [2.45, 2.75) is 32.7 Å². The topological polar surface area (TPSA) is 44.4 Å². The molecule has 0 aliphatic carbocycles. The molecule has 2 saturated heterocycles. The average molecular weight is 273 g/mol. The smallest absolute Gasteiger partial charge is 0.320 e. The normalized spacial score (nSPS) is 24.8. The zero-order chi connectivity index (χ0) is 14.1. The van der Waals surface area contributed by atoms with E-state index in [-0.39, 0.29) is 6.03 Å². The van der Waals surface area contributed by atoms with Crippen LogP contribution in [-0.2, 0) is 6.42 Å². The van der Waals surface area contributed by atoms with Gasteiger partial charge in [0.05, 0.1) is 0 Å². The molecule has 1 aromatic carbocycles. The third-order valence-corrected chi connectivity index (χ3v) is 4.68. The molecule has 1 aromatic rings. The van der Waals surface area contributed by atoms with Gasteiger partial charge in [0, 0.05) is 31.4 Å². The highest BCUT2D eigenvalue weighted by Gasteiger charge is 2.40. The summed E-state index contributed by atoms with van der Waals surface area (Å²) in [4.78, 5) is 14.6. The van der Waals surface area contributed by atoms with Crippen LogP contribution in [0.25, 0.3) is 0 Å². The van der Waals surface area contributed by atoms with E-state index in [0.29, 0.717) is 12.0 Å². The standard InChI is InChI=1S/C16H23N3O/c1-3-12-6-4-5-11(2)15(12)18-16(20)19-8-7-13-9-17-10-14(13)19/h4-6,13-14,17H,3,7-10H2,1-2H3,(H,18,20)/t13-,14+/m0/s1. The van der Waals surface area contributed by atoms with Gasteiger partial charge < -0.3 is 15.5 Å². The highest BCUT2D eigenvalue weighted by atomic mass is 16.2.